The fraction of sp³-hybridized carbons (Fsp3) is 0.412. The number of fused-ring (bicyclic) bond motifs is 3. The Labute approximate surface area is 164 Å². The van der Waals surface area contributed by atoms with Crippen LogP contribution in [0, 0.1) is 0 Å². The molecule has 3 aliphatic rings. The van der Waals surface area contributed by atoms with Crippen molar-refractivity contribution in [3.05, 3.63) is 52.2 Å². The van der Waals surface area contributed by atoms with Gasteiger partial charge in [0.15, 0.2) is 11.6 Å². The fourth-order valence-corrected chi connectivity index (χ4v) is 4.08. The Hall–Kier alpha value is -2.30. The van der Waals surface area contributed by atoms with Crippen LogP contribution in [0.4, 0.5) is 30.7 Å². The maximum Gasteiger partial charge on any atom is 0.417 e. The molecule has 0 fully saturated rings. The number of aliphatic imine (C=N–C) groups is 1. The quantitative estimate of drug-likeness (QED) is 0.473. The molecule has 0 radical (unpaired) electrons. The lowest BCUT2D eigenvalue weighted by Gasteiger charge is -2.37. The van der Waals surface area contributed by atoms with Gasteiger partial charge in [-0.25, -0.2) is 13.8 Å². The first kappa shape index (κ1) is 20.0. The lowest BCUT2D eigenvalue weighted by atomic mass is 9.76. The third-order valence-corrected chi connectivity index (χ3v) is 5.28. The Morgan fingerprint density at radius 3 is 2.59 bits per heavy atom. The number of ether oxygens (including phenoxy) is 1. The first-order valence-electron chi connectivity index (χ1n) is 8.29. The van der Waals surface area contributed by atoms with Gasteiger partial charge in [0.2, 0.25) is 0 Å². The molecule has 0 N–H and O–H groups in total. The van der Waals surface area contributed by atoms with Gasteiger partial charge in [0.1, 0.15) is 10.7 Å². The highest BCUT2D eigenvalue weighted by Crippen LogP contribution is 2.53. The summed E-state index contributed by atoms with van der Waals surface area (Å²) in [7, 11) is 0. The Kier molecular flexibility index (Phi) is 4.38. The van der Waals surface area contributed by atoms with E-state index in [1.54, 1.807) is 0 Å². The Morgan fingerprint density at radius 2 is 1.93 bits per heavy atom. The number of halogens is 8. The van der Waals surface area contributed by atoms with Gasteiger partial charge in [0.05, 0.1) is 17.7 Å². The number of hydrogen-bond donors (Lipinski definition) is 0. The zero-order chi connectivity index (χ0) is 21.2. The zero-order valence-corrected chi connectivity index (χ0v) is 15.0. The molecule has 0 saturated heterocycles. The molecule has 1 aromatic rings. The van der Waals surface area contributed by atoms with Gasteiger partial charge >= 0.3 is 12.8 Å². The minimum absolute atomic E-state index is 0.00555. The maximum absolute atomic E-state index is 14.4. The van der Waals surface area contributed by atoms with Crippen LogP contribution in [0.15, 0.2) is 40.9 Å². The van der Waals surface area contributed by atoms with Gasteiger partial charge in [-0.2, -0.15) is 22.0 Å². The predicted molar refractivity (Wildman–Crippen MR) is 87.5 cm³/mol. The molecule has 1 atom stereocenters. The molecule has 4 nitrogen and oxygen atoms in total. The van der Waals surface area contributed by atoms with Gasteiger partial charge in [0, 0.05) is 18.8 Å². The number of pyridine rings is 1. The summed E-state index contributed by atoms with van der Waals surface area (Å²) in [6.45, 7) is -3.66. The van der Waals surface area contributed by atoms with E-state index in [4.69, 9.17) is 11.6 Å². The monoisotopic (exact) mass is 441 g/mol. The highest BCUT2D eigenvalue weighted by Gasteiger charge is 2.54. The van der Waals surface area contributed by atoms with Crippen molar-refractivity contribution in [3.63, 3.8) is 0 Å². The topological polar surface area (TPSA) is 37.7 Å². The molecule has 1 unspecified atom stereocenters. The van der Waals surface area contributed by atoms with Crippen molar-refractivity contribution in [2.45, 2.75) is 37.1 Å². The van der Waals surface area contributed by atoms with Crippen LogP contribution in [-0.4, -0.2) is 35.1 Å². The van der Waals surface area contributed by atoms with E-state index >= 15 is 0 Å². The lowest BCUT2D eigenvalue weighted by molar-refractivity contribution is -0.0981. The van der Waals surface area contributed by atoms with Gasteiger partial charge in [-0.15, -0.1) is 0 Å². The summed E-state index contributed by atoms with van der Waals surface area (Å²) >= 11 is 5.87. The lowest BCUT2D eigenvalue weighted by Crippen LogP contribution is -2.40. The van der Waals surface area contributed by atoms with Crippen LogP contribution in [-0.2, 0) is 16.2 Å². The fourth-order valence-electron chi connectivity index (χ4n) is 3.79. The summed E-state index contributed by atoms with van der Waals surface area (Å²) in [6, 6.07) is 1.27. The molecule has 4 rings (SSSR count). The van der Waals surface area contributed by atoms with Gasteiger partial charge in [0.25, 0.3) is 5.92 Å². The van der Waals surface area contributed by atoms with Crippen LogP contribution in [0.3, 0.4) is 0 Å². The third-order valence-electron chi connectivity index (χ3n) is 4.99. The summed E-state index contributed by atoms with van der Waals surface area (Å²) in [6.07, 6.45) is -3.45. The molecular formula is C17H11ClF7N3O. The average Bonchev–Trinajstić information content (AvgIpc) is 2.97. The number of amidine groups is 1. The van der Waals surface area contributed by atoms with E-state index in [-0.39, 0.29) is 24.4 Å². The Balaban J connectivity index is 1.85. The second-order valence-electron chi connectivity index (χ2n) is 6.79. The summed E-state index contributed by atoms with van der Waals surface area (Å²) in [5.41, 5.74) is -3.19. The number of allylic oxidation sites excluding steroid dienone is 2. The second kappa shape index (κ2) is 6.35. The highest BCUT2D eigenvalue weighted by molar-refractivity contribution is 6.30. The number of alkyl halides is 7. The van der Waals surface area contributed by atoms with E-state index in [1.807, 2.05) is 0 Å². The SMILES string of the molecule is FC(F)OC1=CC(C(F)(F)F)=CN2CC3(CCC(F)(F)c4c3ccnc4Cl)N=C12. The maximum atomic E-state index is 14.4. The average molecular weight is 442 g/mol. The van der Waals surface area contributed by atoms with Crippen molar-refractivity contribution < 1.29 is 35.5 Å². The Morgan fingerprint density at radius 1 is 1.21 bits per heavy atom. The minimum atomic E-state index is -4.83. The second-order valence-corrected chi connectivity index (χ2v) is 7.15. The van der Waals surface area contributed by atoms with Gasteiger partial charge < -0.3 is 9.64 Å². The van der Waals surface area contributed by atoms with E-state index in [0.717, 1.165) is 4.90 Å². The molecule has 156 valence electrons. The number of hydrogen-bond acceptors (Lipinski definition) is 4. The van der Waals surface area contributed by atoms with E-state index in [2.05, 4.69) is 14.7 Å². The molecule has 0 aromatic carbocycles. The third kappa shape index (κ3) is 3.24. The summed E-state index contributed by atoms with van der Waals surface area (Å²) in [5.74, 6) is -4.38. The summed E-state index contributed by atoms with van der Waals surface area (Å²) < 4.78 is 98.2. The van der Waals surface area contributed by atoms with E-state index in [9.17, 15) is 30.7 Å². The molecule has 1 aliphatic carbocycles. The van der Waals surface area contributed by atoms with Crippen LogP contribution in [0.25, 0.3) is 0 Å². The van der Waals surface area contributed by atoms with Crippen molar-refractivity contribution in [2.24, 2.45) is 4.99 Å². The minimum Gasteiger partial charge on any atom is -0.431 e. The normalized spacial score (nSPS) is 25.4. The van der Waals surface area contributed by atoms with Gasteiger partial charge in [-0.05, 0) is 24.1 Å². The van der Waals surface area contributed by atoms with Crippen LogP contribution < -0.4 is 0 Å². The molecule has 3 heterocycles. The van der Waals surface area contributed by atoms with Crippen LogP contribution >= 0.6 is 11.6 Å². The highest BCUT2D eigenvalue weighted by atomic mass is 35.5. The van der Waals surface area contributed by atoms with Crippen molar-refractivity contribution in [2.75, 3.05) is 6.54 Å². The van der Waals surface area contributed by atoms with Gasteiger partial charge in [-0.3, -0.25) is 4.99 Å². The van der Waals surface area contributed by atoms with E-state index in [0.29, 0.717) is 12.3 Å². The van der Waals surface area contributed by atoms with E-state index < -0.39 is 52.7 Å². The largest absolute Gasteiger partial charge is 0.431 e. The molecule has 0 amide bonds. The van der Waals surface area contributed by atoms with Crippen LogP contribution in [0.5, 0.6) is 0 Å². The van der Waals surface area contributed by atoms with Crippen LogP contribution in [0.1, 0.15) is 24.0 Å². The predicted octanol–water partition coefficient (Wildman–Crippen LogP) is 5.11. The Bertz CT molecular complexity index is 957. The van der Waals surface area contributed by atoms with Crippen LogP contribution in [0.2, 0.25) is 5.15 Å². The van der Waals surface area contributed by atoms with Crippen molar-refractivity contribution in [1.29, 1.82) is 0 Å². The smallest absolute Gasteiger partial charge is 0.417 e. The molecule has 0 bridgehead atoms. The number of rotatable bonds is 2. The zero-order valence-electron chi connectivity index (χ0n) is 14.3. The number of nitrogens with zero attached hydrogens (tertiary/aromatic N) is 3. The van der Waals surface area contributed by atoms with Crippen molar-refractivity contribution in [3.8, 4) is 0 Å². The molecule has 1 aromatic heterocycles. The first-order chi connectivity index (χ1) is 13.4. The summed E-state index contributed by atoms with van der Waals surface area (Å²) in [4.78, 5) is 8.93. The molecule has 0 saturated carbocycles. The standard InChI is InChI=1S/C17H11ClF7N3O/c18-12-11-9(1-4-26-12)15(2-3-16(11,21)22)7-28-6-8(17(23,24)25)5-10(13(28)27-15)29-14(19)20/h1,4-6,14H,2-3,7H2. The molecule has 29 heavy (non-hydrogen) atoms. The van der Waals surface area contributed by atoms with Crippen molar-refractivity contribution in [1.82, 2.24) is 9.88 Å². The van der Waals surface area contributed by atoms with E-state index in [1.165, 1.54) is 12.3 Å². The van der Waals surface area contributed by atoms with Crippen molar-refractivity contribution >= 4 is 17.4 Å². The molecule has 1 spiro atoms. The first-order valence-corrected chi connectivity index (χ1v) is 8.66. The molecular weight excluding hydrogens is 431 g/mol. The molecule has 12 heteroatoms. The van der Waals surface area contributed by atoms with Gasteiger partial charge in [-0.1, -0.05) is 11.6 Å². The molecule has 2 aliphatic heterocycles. The summed E-state index contributed by atoms with van der Waals surface area (Å²) in [5, 5.41) is -0.442. The number of aromatic nitrogens is 1.